The first-order valence-electron chi connectivity index (χ1n) is 9.20. The zero-order valence-corrected chi connectivity index (χ0v) is 16.9. The molecule has 2 N–H and O–H groups in total. The van der Waals surface area contributed by atoms with Crippen LogP contribution in [0.1, 0.15) is 38.3 Å². The van der Waals surface area contributed by atoms with E-state index in [2.05, 4.69) is 53.6 Å². The molecule has 2 aromatic rings. The van der Waals surface area contributed by atoms with E-state index in [0.717, 1.165) is 24.7 Å². The molecule has 5 heteroatoms. The number of rotatable bonds is 4. The van der Waals surface area contributed by atoms with Gasteiger partial charge in [-0.15, -0.1) is 0 Å². The topological polar surface area (TPSA) is 27.3 Å². The van der Waals surface area contributed by atoms with E-state index < -0.39 is 0 Å². The van der Waals surface area contributed by atoms with Gasteiger partial charge in [0, 0.05) is 18.8 Å². The van der Waals surface area contributed by atoms with Gasteiger partial charge in [-0.2, -0.15) is 0 Å². The van der Waals surface area contributed by atoms with Gasteiger partial charge in [-0.05, 0) is 67.7 Å². The summed E-state index contributed by atoms with van der Waals surface area (Å²) in [5.74, 6) is 0.775. The Labute approximate surface area is 166 Å². The van der Waals surface area contributed by atoms with E-state index in [1.165, 1.54) is 24.1 Å². The van der Waals surface area contributed by atoms with Crippen molar-refractivity contribution in [2.45, 2.75) is 32.7 Å². The molecule has 1 saturated heterocycles. The van der Waals surface area contributed by atoms with E-state index in [-0.39, 0.29) is 6.04 Å². The van der Waals surface area contributed by atoms with E-state index in [0.29, 0.717) is 10.1 Å². The van der Waals surface area contributed by atoms with Crippen molar-refractivity contribution in [2.24, 2.45) is 5.92 Å². The fraction of sp³-hybridized carbons (Fsp3) is 0.381. The highest BCUT2D eigenvalue weighted by atomic mass is 35.5. The van der Waals surface area contributed by atoms with Crippen LogP contribution in [0.5, 0.6) is 0 Å². The fourth-order valence-electron chi connectivity index (χ4n) is 3.40. The Balaban J connectivity index is 1.58. The number of piperidine rings is 1. The maximum atomic E-state index is 6.17. The second-order valence-electron chi connectivity index (χ2n) is 7.08. The molecule has 1 aliphatic heterocycles. The molecule has 1 heterocycles. The van der Waals surface area contributed by atoms with Gasteiger partial charge < -0.3 is 15.5 Å². The van der Waals surface area contributed by atoms with Crippen molar-refractivity contribution in [3.63, 3.8) is 0 Å². The molecule has 2 aromatic carbocycles. The molecule has 0 aromatic heterocycles. The Morgan fingerprint density at radius 1 is 1.19 bits per heavy atom. The third-order valence-electron chi connectivity index (χ3n) is 4.88. The van der Waals surface area contributed by atoms with Crippen LogP contribution in [0.3, 0.4) is 0 Å². The van der Waals surface area contributed by atoms with Gasteiger partial charge in [-0.25, -0.2) is 0 Å². The van der Waals surface area contributed by atoms with Crippen LogP contribution in [0.25, 0.3) is 0 Å². The van der Waals surface area contributed by atoms with Crippen LogP contribution in [0.2, 0.25) is 5.02 Å². The van der Waals surface area contributed by atoms with Crippen LogP contribution in [0.15, 0.2) is 48.5 Å². The summed E-state index contributed by atoms with van der Waals surface area (Å²) in [7, 11) is 0. The molecular formula is C21H26ClN3S. The molecule has 0 unspecified atom stereocenters. The number of thiocarbonyl (C=S) groups is 1. The summed E-state index contributed by atoms with van der Waals surface area (Å²) in [6.07, 6.45) is 2.62. The quantitative estimate of drug-likeness (QED) is 0.665. The van der Waals surface area contributed by atoms with Gasteiger partial charge in [0.2, 0.25) is 0 Å². The number of benzene rings is 2. The summed E-state index contributed by atoms with van der Waals surface area (Å²) in [6, 6.07) is 16.5. The number of nitrogens with zero attached hydrogens (tertiary/aromatic N) is 1. The smallest absolute Gasteiger partial charge is 0.171 e. The first kappa shape index (κ1) is 19.0. The van der Waals surface area contributed by atoms with Gasteiger partial charge in [0.15, 0.2) is 5.11 Å². The molecule has 0 bridgehead atoms. The Morgan fingerprint density at radius 2 is 1.92 bits per heavy atom. The summed E-state index contributed by atoms with van der Waals surface area (Å²) in [6.45, 7) is 6.75. The van der Waals surface area contributed by atoms with Crippen molar-refractivity contribution < 1.29 is 0 Å². The van der Waals surface area contributed by atoms with E-state index in [1.54, 1.807) is 0 Å². The molecular weight excluding hydrogens is 362 g/mol. The van der Waals surface area contributed by atoms with Gasteiger partial charge in [-0.3, -0.25) is 0 Å². The first-order chi connectivity index (χ1) is 12.5. The number of hydrogen-bond donors (Lipinski definition) is 2. The Morgan fingerprint density at radius 3 is 2.62 bits per heavy atom. The minimum atomic E-state index is 0.117. The molecule has 0 aliphatic carbocycles. The van der Waals surface area contributed by atoms with E-state index in [1.807, 2.05) is 24.3 Å². The molecule has 3 nitrogen and oxygen atoms in total. The lowest BCUT2D eigenvalue weighted by Crippen LogP contribution is -2.34. The summed E-state index contributed by atoms with van der Waals surface area (Å²) < 4.78 is 0. The zero-order chi connectivity index (χ0) is 18.5. The molecule has 3 rings (SSSR count). The van der Waals surface area contributed by atoms with Crippen LogP contribution in [-0.4, -0.2) is 18.2 Å². The van der Waals surface area contributed by atoms with Gasteiger partial charge in [0.05, 0.1) is 16.8 Å². The number of nitrogens with one attached hydrogen (secondary N) is 2. The monoisotopic (exact) mass is 387 g/mol. The van der Waals surface area contributed by atoms with E-state index >= 15 is 0 Å². The first-order valence-corrected chi connectivity index (χ1v) is 9.98. The lowest BCUT2D eigenvalue weighted by molar-refractivity contribution is 0.447. The Kier molecular flexibility index (Phi) is 6.38. The summed E-state index contributed by atoms with van der Waals surface area (Å²) >= 11 is 11.6. The van der Waals surface area contributed by atoms with Crippen molar-refractivity contribution in [3.05, 3.63) is 59.1 Å². The third-order valence-corrected chi connectivity index (χ3v) is 5.43. The summed E-state index contributed by atoms with van der Waals surface area (Å²) in [4.78, 5) is 2.49. The zero-order valence-electron chi connectivity index (χ0n) is 15.3. The van der Waals surface area contributed by atoms with E-state index in [9.17, 15) is 0 Å². The molecule has 1 aliphatic rings. The highest BCUT2D eigenvalue weighted by Gasteiger charge is 2.17. The van der Waals surface area contributed by atoms with Crippen molar-refractivity contribution >= 4 is 40.3 Å². The van der Waals surface area contributed by atoms with Crippen LogP contribution < -0.4 is 15.5 Å². The van der Waals surface area contributed by atoms with E-state index in [4.69, 9.17) is 23.8 Å². The maximum absolute atomic E-state index is 6.17. The second kappa shape index (κ2) is 8.74. The van der Waals surface area contributed by atoms with Gasteiger partial charge in [0.25, 0.3) is 0 Å². The number of hydrogen-bond acceptors (Lipinski definition) is 2. The van der Waals surface area contributed by atoms with Crippen molar-refractivity contribution in [1.29, 1.82) is 0 Å². The Bertz CT molecular complexity index is 747. The van der Waals surface area contributed by atoms with Crippen molar-refractivity contribution in [3.8, 4) is 0 Å². The standard InChI is InChI=1S/C21H26ClN3S/c1-15-6-5-13-25(14-15)18-11-9-17(10-12-18)16(2)23-21(26)24-20-8-4-3-7-19(20)22/h3-4,7-12,15-16H,5-6,13-14H2,1-2H3,(H2,23,24,26)/t15-,16-/m1/s1. The molecule has 2 atom stereocenters. The molecule has 1 fully saturated rings. The summed E-state index contributed by atoms with van der Waals surface area (Å²) in [5.41, 5.74) is 3.33. The molecule has 0 saturated carbocycles. The van der Waals surface area contributed by atoms with Gasteiger partial charge in [-0.1, -0.05) is 42.8 Å². The van der Waals surface area contributed by atoms with Crippen LogP contribution >= 0.6 is 23.8 Å². The minimum Gasteiger partial charge on any atom is -0.371 e. The third kappa shape index (κ3) is 4.89. The van der Waals surface area contributed by atoms with Crippen molar-refractivity contribution in [2.75, 3.05) is 23.3 Å². The predicted octanol–water partition coefficient (Wildman–Crippen LogP) is 5.62. The normalized spacial score (nSPS) is 18.3. The predicted molar refractivity (Wildman–Crippen MR) is 116 cm³/mol. The average Bonchev–Trinajstić information content (AvgIpc) is 2.64. The second-order valence-corrected chi connectivity index (χ2v) is 7.90. The molecule has 0 radical (unpaired) electrons. The molecule has 138 valence electrons. The average molecular weight is 388 g/mol. The van der Waals surface area contributed by atoms with Crippen molar-refractivity contribution in [1.82, 2.24) is 5.32 Å². The molecule has 26 heavy (non-hydrogen) atoms. The largest absolute Gasteiger partial charge is 0.371 e. The van der Waals surface area contributed by atoms with Crippen LogP contribution in [-0.2, 0) is 0 Å². The lowest BCUT2D eigenvalue weighted by atomic mass is 9.99. The van der Waals surface area contributed by atoms with Crippen LogP contribution in [0, 0.1) is 5.92 Å². The SMILES string of the molecule is C[C@@H]1CCCN(c2ccc([C@@H](C)NC(=S)Nc3ccccc3Cl)cc2)C1. The minimum absolute atomic E-state index is 0.117. The Hall–Kier alpha value is -1.78. The summed E-state index contributed by atoms with van der Waals surface area (Å²) in [5, 5.41) is 7.71. The van der Waals surface area contributed by atoms with Crippen LogP contribution in [0.4, 0.5) is 11.4 Å². The number of para-hydroxylation sites is 1. The highest BCUT2D eigenvalue weighted by molar-refractivity contribution is 7.80. The fourth-order valence-corrected chi connectivity index (χ4v) is 3.87. The van der Waals surface area contributed by atoms with Gasteiger partial charge >= 0.3 is 0 Å². The number of halogens is 1. The molecule has 0 spiro atoms. The lowest BCUT2D eigenvalue weighted by Gasteiger charge is -2.33. The number of anilines is 2. The molecule has 0 amide bonds. The maximum Gasteiger partial charge on any atom is 0.171 e. The van der Waals surface area contributed by atoms with Gasteiger partial charge in [0.1, 0.15) is 0 Å². The highest BCUT2D eigenvalue weighted by Crippen LogP contribution is 2.25.